The molecule has 1 unspecified atom stereocenters. The van der Waals surface area contributed by atoms with Gasteiger partial charge in [0.15, 0.2) is 5.58 Å². The van der Waals surface area contributed by atoms with Crippen LogP contribution in [0, 0.1) is 18.3 Å². The molecule has 11 rings (SSSR count). The summed E-state index contributed by atoms with van der Waals surface area (Å²) < 4.78 is 108. The van der Waals surface area contributed by atoms with E-state index in [1.165, 1.54) is 74.5 Å². The van der Waals surface area contributed by atoms with Crippen LogP contribution in [0.4, 0.5) is 33.2 Å². The minimum Gasteiger partial charge on any atom is -0.470 e. The first-order valence-corrected chi connectivity index (χ1v) is 33.9. The number of aromatic nitrogens is 1. The quantitative estimate of drug-likeness (QED) is 0.0565. The van der Waals surface area contributed by atoms with Gasteiger partial charge < -0.3 is 13.9 Å². The number of nitrogens with zero attached hydrogens (tertiary/aromatic N) is 4. The summed E-state index contributed by atoms with van der Waals surface area (Å²) in [5, 5.41) is 11.9. The Kier molecular flexibility index (Phi) is 16.6. The molecule has 1 aliphatic heterocycles. The number of nitrogens with one attached hydrogen (secondary N) is 3. The minimum atomic E-state index is -4.68. The number of Topliss-reactive ketones (excluding diaryl/α,β-unsaturated/α-hetero) is 1. The Hall–Kier alpha value is -9.27. The number of halogens is 1. The van der Waals surface area contributed by atoms with Gasteiger partial charge in [0.1, 0.15) is 35.1 Å². The number of benzene rings is 8. The van der Waals surface area contributed by atoms with Gasteiger partial charge in [0, 0.05) is 27.9 Å². The summed E-state index contributed by atoms with van der Waals surface area (Å²) in [7, 11) is -12.7. The van der Waals surface area contributed by atoms with E-state index in [1.54, 1.807) is 77.7 Å². The highest BCUT2D eigenvalue weighted by atomic mass is 35.5. The molecule has 1 aromatic heterocycles. The fraction of sp³-hybridized carbons (Fsp3) is 0.239. The Balaban J connectivity index is 0.896. The zero-order valence-electron chi connectivity index (χ0n) is 50.0. The van der Waals surface area contributed by atoms with Crippen LogP contribution in [-0.2, 0) is 56.4 Å². The van der Waals surface area contributed by atoms with Gasteiger partial charge in [0.05, 0.1) is 43.8 Å². The van der Waals surface area contributed by atoms with E-state index in [0.717, 1.165) is 35.1 Å². The van der Waals surface area contributed by atoms with E-state index in [-0.39, 0.29) is 82.6 Å². The first kappa shape index (κ1) is 62.3. The zero-order valence-corrected chi connectivity index (χ0v) is 53.2. The Labute approximate surface area is 526 Å². The molecule has 2 amide bonds. The Morgan fingerprint density at radius 2 is 1.48 bits per heavy atom. The van der Waals surface area contributed by atoms with Crippen LogP contribution >= 0.6 is 11.6 Å². The third-order valence-electron chi connectivity index (χ3n) is 16.0. The van der Waals surface area contributed by atoms with E-state index in [2.05, 4.69) is 46.0 Å². The summed E-state index contributed by atoms with van der Waals surface area (Å²) in [4.78, 5) is 51.0. The van der Waals surface area contributed by atoms with Gasteiger partial charge >= 0.3 is 6.09 Å². The Morgan fingerprint density at radius 3 is 2.19 bits per heavy atom. The fourth-order valence-corrected chi connectivity index (χ4v) is 14.8. The van der Waals surface area contributed by atoms with Crippen molar-refractivity contribution in [3.05, 3.63) is 185 Å². The summed E-state index contributed by atoms with van der Waals surface area (Å²) >= 11 is 6.78. The molecule has 1 saturated heterocycles. The van der Waals surface area contributed by atoms with Crippen molar-refractivity contribution in [1.29, 1.82) is 5.26 Å². The minimum absolute atomic E-state index is 0.000980. The summed E-state index contributed by atoms with van der Waals surface area (Å²) in [6.07, 6.45) is 3.15. The third-order valence-corrected chi connectivity index (χ3v) is 19.8. The van der Waals surface area contributed by atoms with E-state index in [4.69, 9.17) is 25.5 Å². The van der Waals surface area contributed by atoms with E-state index in [0.29, 0.717) is 46.0 Å². The monoisotopic (exact) mass is 1290 g/mol. The molecule has 9 aromatic rings. The maximum Gasteiger partial charge on any atom is 0.414 e. The maximum absolute atomic E-state index is 14.8. The lowest BCUT2D eigenvalue weighted by Crippen LogP contribution is -2.44. The number of nitriles is 1. The number of allylic oxidation sites excluding steroid dienone is 1. The van der Waals surface area contributed by atoms with Crippen LogP contribution in [0.5, 0.6) is 5.75 Å². The molecule has 2 fully saturated rings. The zero-order chi connectivity index (χ0) is 64.2. The molecule has 462 valence electrons. The second-order valence-corrected chi connectivity index (χ2v) is 29.3. The van der Waals surface area contributed by atoms with Gasteiger partial charge in [-0.1, -0.05) is 124 Å². The molecule has 19 nitrogen and oxygen atoms in total. The number of oxazole rings is 1. The van der Waals surface area contributed by atoms with Crippen molar-refractivity contribution >= 4 is 132 Å². The highest BCUT2D eigenvalue weighted by Gasteiger charge is 2.56. The van der Waals surface area contributed by atoms with Crippen molar-refractivity contribution in [2.45, 2.75) is 107 Å². The highest BCUT2D eigenvalue weighted by molar-refractivity contribution is 7.93. The molecule has 1 atom stereocenters. The van der Waals surface area contributed by atoms with Crippen LogP contribution < -0.4 is 28.7 Å². The molecule has 90 heavy (non-hydrogen) atoms. The first-order chi connectivity index (χ1) is 42.6. The van der Waals surface area contributed by atoms with Gasteiger partial charge in [-0.05, 0) is 146 Å². The van der Waals surface area contributed by atoms with Gasteiger partial charge in [-0.3, -0.25) is 33.6 Å². The molecule has 0 spiro atoms. The number of sulfonamides is 3. The third kappa shape index (κ3) is 12.5. The summed E-state index contributed by atoms with van der Waals surface area (Å²) in [6.45, 7) is 10.7. The smallest absolute Gasteiger partial charge is 0.414 e. The Bertz CT molecular complexity index is 4850. The number of hydrogen-bond acceptors (Lipinski definition) is 14. The number of amides is 2. The summed E-state index contributed by atoms with van der Waals surface area (Å²) in [5.41, 5.74) is 2.70. The van der Waals surface area contributed by atoms with Crippen molar-refractivity contribution < 1.29 is 53.5 Å². The van der Waals surface area contributed by atoms with Crippen LogP contribution in [0.25, 0.3) is 44.3 Å². The highest BCUT2D eigenvalue weighted by Crippen LogP contribution is 2.42. The summed E-state index contributed by atoms with van der Waals surface area (Å²) in [5.74, 6) is -1.79. The summed E-state index contributed by atoms with van der Waals surface area (Å²) in [6, 6.07) is 42.1. The molecule has 23 heteroatoms. The number of carbonyl (C=O) groups excluding carboxylic acids is 3. The predicted octanol–water partition coefficient (Wildman–Crippen LogP) is 13.7. The van der Waals surface area contributed by atoms with Gasteiger partial charge in [0.2, 0.25) is 27.8 Å². The fourth-order valence-electron chi connectivity index (χ4n) is 11.4. The van der Waals surface area contributed by atoms with Crippen molar-refractivity contribution in [2.75, 3.05) is 30.2 Å². The largest absolute Gasteiger partial charge is 0.470 e. The van der Waals surface area contributed by atoms with E-state index in [9.17, 15) is 44.9 Å². The van der Waals surface area contributed by atoms with Crippen molar-refractivity contribution in [2.24, 2.45) is 0 Å². The SMILES string of the molecule is Cc1cc(N(C(=O)OCc2ccc(OC3C(=O)N(c4cc(NS(=O)(=O)c5cccc6ccccc56)ccc4Cl)C(C)(C)C3=O)c(NS(=O)(=O)c3ccc(NS(C)(=O)=O)c4ccccc34)c2)C2CCCC2)ccc1C=C(C#N)c1nc2cc(C(C)(C)C)ccc2o1. The lowest BCUT2D eigenvalue weighted by Gasteiger charge is -2.30. The average Bonchev–Trinajstić information content (AvgIpc) is 1.55. The van der Waals surface area contributed by atoms with Crippen LogP contribution in [0.1, 0.15) is 88.4 Å². The van der Waals surface area contributed by atoms with Crippen molar-refractivity contribution in [3.8, 4) is 11.8 Å². The van der Waals surface area contributed by atoms with Crippen LogP contribution in [0.15, 0.2) is 166 Å². The van der Waals surface area contributed by atoms with Gasteiger partial charge in [0.25, 0.3) is 26.0 Å². The van der Waals surface area contributed by atoms with Gasteiger partial charge in [-0.2, -0.15) is 5.26 Å². The van der Waals surface area contributed by atoms with E-state index in [1.807, 2.05) is 31.2 Å². The van der Waals surface area contributed by atoms with Crippen LogP contribution in [0.3, 0.4) is 0 Å². The number of ketones is 1. The number of carbonyl (C=O) groups is 3. The number of ether oxygens (including phenoxy) is 2. The lowest BCUT2D eigenvalue weighted by atomic mass is 9.87. The number of anilines is 5. The molecule has 8 aromatic carbocycles. The number of hydrogen-bond donors (Lipinski definition) is 3. The second-order valence-electron chi connectivity index (χ2n) is 23.8. The average molecular weight is 1290 g/mol. The molecule has 0 radical (unpaired) electrons. The number of aryl methyl sites for hydroxylation is 1. The number of rotatable bonds is 17. The maximum atomic E-state index is 14.8. The molecule has 3 N–H and O–H groups in total. The number of fused-ring (bicyclic) bond motifs is 3. The standard InChI is InChI=1S/C67H62ClN7O12S3/c1-40-33-48(27-24-43(40)35-44(38-69)63-70-54-36-45(66(2,3)4)25-31-57(54)87-63)74(47-17-9-10-18-47)65(78)85-39-41-23-30-58(55(34-41)73-90(83,84)60-32-29-53(72-88(7,79)80)50-20-12-13-21-51(50)60)86-61-62(76)67(5,6)75(64(61)77)56-37-46(26-28-52(56)68)71-89(81,82)59-22-14-16-42-15-8-11-19-49(42)59/h8,11-16,19-37,47,61,71-73H,9-10,17-18,39H2,1-7H3. The van der Waals surface area contributed by atoms with Crippen molar-refractivity contribution in [3.63, 3.8) is 0 Å². The lowest BCUT2D eigenvalue weighted by molar-refractivity contribution is -0.131. The van der Waals surface area contributed by atoms with Crippen LogP contribution in [0.2, 0.25) is 5.02 Å². The molecular weight excluding hydrogens is 1230 g/mol. The molecular formula is C67H62ClN7O12S3. The first-order valence-electron chi connectivity index (χ1n) is 28.7. The molecule has 2 heterocycles. The Morgan fingerprint density at radius 1 is 0.789 bits per heavy atom. The predicted molar refractivity (Wildman–Crippen MR) is 349 cm³/mol. The molecule has 0 bridgehead atoms. The van der Waals surface area contributed by atoms with E-state index < -0.39 is 66.1 Å². The van der Waals surface area contributed by atoms with Gasteiger partial charge in [-0.25, -0.2) is 35.0 Å². The molecule has 2 aliphatic rings. The molecule has 1 saturated carbocycles. The second kappa shape index (κ2) is 23.9. The van der Waals surface area contributed by atoms with Gasteiger partial charge in [-0.15, -0.1) is 0 Å². The van der Waals surface area contributed by atoms with Crippen LogP contribution in [-0.4, -0.2) is 72.0 Å². The van der Waals surface area contributed by atoms with E-state index >= 15 is 0 Å². The topological polar surface area (TPSA) is 264 Å². The van der Waals surface area contributed by atoms with Crippen molar-refractivity contribution in [1.82, 2.24) is 4.98 Å². The normalized spacial score (nSPS) is 15.7. The molecule has 1 aliphatic carbocycles.